The zero-order chi connectivity index (χ0) is 11.9. The summed E-state index contributed by atoms with van der Waals surface area (Å²) >= 11 is 0. The smallest absolute Gasteiger partial charge is 0.122 e. The molecule has 0 spiro atoms. The number of nitrogens with one attached hydrogen (secondary N) is 1. The quantitative estimate of drug-likeness (QED) is 0.871. The standard InChI is InChI=1S/C14H24N2O/c1-15-11-14-13(7-10-17-14)12-16-8-5-3-2-4-6-9-16/h7,10,15H,2-6,8-9,11-12H2,1H3. The van der Waals surface area contributed by atoms with E-state index in [2.05, 4.69) is 16.3 Å². The largest absolute Gasteiger partial charge is 0.468 e. The first-order chi connectivity index (χ1) is 8.40. The highest BCUT2D eigenvalue weighted by Crippen LogP contribution is 2.16. The molecule has 1 fully saturated rings. The molecule has 1 aromatic heterocycles. The van der Waals surface area contributed by atoms with E-state index in [0.717, 1.165) is 18.8 Å². The molecular formula is C14H24N2O. The summed E-state index contributed by atoms with van der Waals surface area (Å²) in [5.41, 5.74) is 1.35. The van der Waals surface area contributed by atoms with Gasteiger partial charge in [0, 0.05) is 12.1 Å². The molecule has 0 unspecified atom stereocenters. The summed E-state index contributed by atoms with van der Waals surface area (Å²) in [7, 11) is 1.96. The molecule has 2 heterocycles. The highest BCUT2D eigenvalue weighted by molar-refractivity contribution is 5.16. The van der Waals surface area contributed by atoms with Crippen LogP contribution in [0.25, 0.3) is 0 Å². The van der Waals surface area contributed by atoms with E-state index >= 15 is 0 Å². The van der Waals surface area contributed by atoms with Crippen LogP contribution in [-0.2, 0) is 13.1 Å². The van der Waals surface area contributed by atoms with Gasteiger partial charge in [0.2, 0.25) is 0 Å². The Kier molecular flexibility index (Phi) is 5.08. The minimum Gasteiger partial charge on any atom is -0.468 e. The molecule has 1 saturated heterocycles. The molecule has 0 radical (unpaired) electrons. The Morgan fingerprint density at radius 3 is 2.59 bits per heavy atom. The molecule has 0 amide bonds. The molecule has 1 aliphatic heterocycles. The molecule has 17 heavy (non-hydrogen) atoms. The van der Waals surface area contributed by atoms with E-state index in [1.165, 1.54) is 50.8 Å². The first-order valence-electron chi connectivity index (χ1n) is 6.82. The normalized spacial score (nSPS) is 18.9. The van der Waals surface area contributed by atoms with Crippen molar-refractivity contribution in [2.75, 3.05) is 20.1 Å². The Bertz CT molecular complexity index is 314. The molecule has 0 aromatic carbocycles. The summed E-state index contributed by atoms with van der Waals surface area (Å²) < 4.78 is 5.51. The highest BCUT2D eigenvalue weighted by Gasteiger charge is 2.12. The molecule has 0 saturated carbocycles. The number of hydrogen-bond acceptors (Lipinski definition) is 3. The van der Waals surface area contributed by atoms with E-state index in [4.69, 9.17) is 4.42 Å². The van der Waals surface area contributed by atoms with Crippen molar-refractivity contribution >= 4 is 0 Å². The maximum atomic E-state index is 5.51. The minimum atomic E-state index is 0.830. The first-order valence-corrected chi connectivity index (χ1v) is 6.82. The lowest BCUT2D eigenvalue weighted by Crippen LogP contribution is -2.27. The van der Waals surface area contributed by atoms with Crippen molar-refractivity contribution in [3.05, 3.63) is 23.7 Å². The van der Waals surface area contributed by atoms with Crippen molar-refractivity contribution in [3.63, 3.8) is 0 Å². The lowest BCUT2D eigenvalue weighted by Gasteiger charge is -2.24. The summed E-state index contributed by atoms with van der Waals surface area (Å²) in [6.07, 6.45) is 8.71. The molecular weight excluding hydrogens is 212 g/mol. The predicted molar refractivity (Wildman–Crippen MR) is 69.8 cm³/mol. The van der Waals surface area contributed by atoms with Gasteiger partial charge in [-0.1, -0.05) is 19.3 Å². The molecule has 96 valence electrons. The fraction of sp³-hybridized carbons (Fsp3) is 0.714. The summed E-state index contributed by atoms with van der Waals surface area (Å²) in [6, 6.07) is 2.12. The van der Waals surface area contributed by atoms with Crippen LogP contribution in [-0.4, -0.2) is 25.0 Å². The third-order valence-electron chi connectivity index (χ3n) is 3.52. The van der Waals surface area contributed by atoms with Crippen LogP contribution < -0.4 is 5.32 Å². The Morgan fingerprint density at radius 2 is 1.88 bits per heavy atom. The van der Waals surface area contributed by atoms with Gasteiger partial charge in [-0.25, -0.2) is 0 Å². The molecule has 1 aliphatic rings. The Hall–Kier alpha value is -0.800. The van der Waals surface area contributed by atoms with E-state index in [1.807, 2.05) is 13.3 Å². The van der Waals surface area contributed by atoms with Gasteiger partial charge in [-0.05, 0) is 39.0 Å². The lowest BCUT2D eigenvalue weighted by molar-refractivity contribution is 0.238. The van der Waals surface area contributed by atoms with Crippen LogP contribution in [0.15, 0.2) is 16.7 Å². The summed E-state index contributed by atoms with van der Waals surface area (Å²) in [4.78, 5) is 2.57. The van der Waals surface area contributed by atoms with Gasteiger partial charge in [-0.15, -0.1) is 0 Å². The van der Waals surface area contributed by atoms with Crippen LogP contribution in [0, 0.1) is 0 Å². The molecule has 3 nitrogen and oxygen atoms in total. The van der Waals surface area contributed by atoms with Gasteiger partial charge in [0.05, 0.1) is 12.8 Å². The van der Waals surface area contributed by atoms with Crippen molar-refractivity contribution < 1.29 is 4.42 Å². The van der Waals surface area contributed by atoms with Crippen LogP contribution in [0.4, 0.5) is 0 Å². The third kappa shape index (κ3) is 3.86. The van der Waals surface area contributed by atoms with Gasteiger partial charge in [0.15, 0.2) is 0 Å². The van der Waals surface area contributed by atoms with Crippen LogP contribution in [0.2, 0.25) is 0 Å². The maximum absolute atomic E-state index is 5.51. The van der Waals surface area contributed by atoms with E-state index in [1.54, 1.807) is 0 Å². The van der Waals surface area contributed by atoms with Gasteiger partial charge in [-0.2, -0.15) is 0 Å². The fourth-order valence-electron chi connectivity index (χ4n) is 2.54. The third-order valence-corrected chi connectivity index (χ3v) is 3.52. The number of rotatable bonds is 4. The zero-order valence-electron chi connectivity index (χ0n) is 10.9. The van der Waals surface area contributed by atoms with Crippen molar-refractivity contribution in [3.8, 4) is 0 Å². The molecule has 3 heteroatoms. The SMILES string of the molecule is CNCc1occc1CN1CCCCCCC1. The van der Waals surface area contributed by atoms with E-state index in [0.29, 0.717) is 0 Å². The summed E-state index contributed by atoms with van der Waals surface area (Å²) in [5.74, 6) is 1.09. The Balaban J connectivity index is 1.91. The number of likely N-dealkylation sites (tertiary alicyclic amines) is 1. The average molecular weight is 236 g/mol. The number of nitrogens with zero attached hydrogens (tertiary/aromatic N) is 1. The van der Waals surface area contributed by atoms with Crippen molar-refractivity contribution in [1.29, 1.82) is 0 Å². The van der Waals surface area contributed by atoms with Crippen LogP contribution in [0.3, 0.4) is 0 Å². The van der Waals surface area contributed by atoms with Gasteiger partial charge in [-0.3, -0.25) is 4.90 Å². The number of furan rings is 1. The second-order valence-electron chi connectivity index (χ2n) is 4.94. The van der Waals surface area contributed by atoms with Crippen LogP contribution in [0.5, 0.6) is 0 Å². The number of hydrogen-bond donors (Lipinski definition) is 1. The monoisotopic (exact) mass is 236 g/mol. The fourth-order valence-corrected chi connectivity index (χ4v) is 2.54. The van der Waals surface area contributed by atoms with Crippen molar-refractivity contribution in [2.45, 2.75) is 45.2 Å². The van der Waals surface area contributed by atoms with Crippen LogP contribution >= 0.6 is 0 Å². The molecule has 0 aliphatic carbocycles. The second-order valence-corrected chi connectivity index (χ2v) is 4.94. The first kappa shape index (κ1) is 12.7. The van der Waals surface area contributed by atoms with E-state index in [9.17, 15) is 0 Å². The highest BCUT2D eigenvalue weighted by atomic mass is 16.3. The topological polar surface area (TPSA) is 28.4 Å². The van der Waals surface area contributed by atoms with Gasteiger partial charge >= 0.3 is 0 Å². The average Bonchev–Trinajstić information content (AvgIpc) is 2.70. The van der Waals surface area contributed by atoms with E-state index < -0.39 is 0 Å². The van der Waals surface area contributed by atoms with Crippen LogP contribution in [0.1, 0.15) is 43.4 Å². The second kappa shape index (κ2) is 6.82. The minimum absolute atomic E-state index is 0.830. The zero-order valence-corrected chi connectivity index (χ0v) is 10.9. The van der Waals surface area contributed by atoms with Crippen molar-refractivity contribution in [1.82, 2.24) is 10.2 Å². The summed E-state index contributed by atoms with van der Waals surface area (Å²) in [5, 5.41) is 3.16. The Labute approximate surface area is 104 Å². The molecule has 0 atom stereocenters. The lowest BCUT2D eigenvalue weighted by atomic mass is 10.1. The summed E-state index contributed by atoms with van der Waals surface area (Å²) in [6.45, 7) is 4.36. The van der Waals surface area contributed by atoms with Gasteiger partial charge < -0.3 is 9.73 Å². The molecule has 0 bridgehead atoms. The Morgan fingerprint density at radius 1 is 1.18 bits per heavy atom. The molecule has 2 rings (SSSR count). The van der Waals surface area contributed by atoms with E-state index in [-0.39, 0.29) is 0 Å². The van der Waals surface area contributed by atoms with Gasteiger partial charge in [0.1, 0.15) is 5.76 Å². The van der Waals surface area contributed by atoms with Gasteiger partial charge in [0.25, 0.3) is 0 Å². The van der Waals surface area contributed by atoms with Crippen molar-refractivity contribution in [2.24, 2.45) is 0 Å². The molecule has 1 N–H and O–H groups in total. The predicted octanol–water partition coefficient (Wildman–Crippen LogP) is 2.77. The maximum Gasteiger partial charge on any atom is 0.122 e. The molecule has 1 aromatic rings.